The zero-order valence-corrected chi connectivity index (χ0v) is 15.6. The highest BCUT2D eigenvalue weighted by molar-refractivity contribution is 5.50. The van der Waals surface area contributed by atoms with E-state index in [4.69, 9.17) is 9.47 Å². The molecular weight excluding hydrogens is 284 g/mol. The average Bonchev–Trinajstić information content (AvgIpc) is 2.43. The van der Waals surface area contributed by atoms with E-state index < -0.39 is 5.79 Å². The Labute approximate surface area is 140 Å². The Bertz CT molecular complexity index is 619. The van der Waals surface area contributed by atoms with Gasteiger partial charge < -0.3 is 9.47 Å². The van der Waals surface area contributed by atoms with Gasteiger partial charge in [-0.3, -0.25) is 0 Å². The lowest BCUT2D eigenvalue weighted by Crippen LogP contribution is -2.35. The third kappa shape index (κ3) is 2.93. The first kappa shape index (κ1) is 17.7. The van der Waals surface area contributed by atoms with Gasteiger partial charge in [-0.25, -0.2) is 0 Å². The van der Waals surface area contributed by atoms with Crippen LogP contribution in [0.3, 0.4) is 0 Å². The van der Waals surface area contributed by atoms with Gasteiger partial charge in [0.1, 0.15) is 0 Å². The molecule has 0 aliphatic heterocycles. The topological polar surface area (TPSA) is 18.5 Å². The van der Waals surface area contributed by atoms with Crippen molar-refractivity contribution in [2.45, 2.75) is 47.3 Å². The predicted octanol–water partition coefficient (Wildman–Crippen LogP) is 5.03. The molecule has 0 bridgehead atoms. The molecule has 2 aromatic carbocycles. The number of ether oxygens (including phenoxy) is 2. The van der Waals surface area contributed by atoms with Gasteiger partial charge in [0, 0.05) is 25.3 Å². The van der Waals surface area contributed by atoms with E-state index >= 15 is 0 Å². The summed E-state index contributed by atoms with van der Waals surface area (Å²) < 4.78 is 12.1. The molecule has 0 unspecified atom stereocenters. The summed E-state index contributed by atoms with van der Waals surface area (Å²) in [5.41, 5.74) is 9.45. The highest BCUT2D eigenvalue weighted by Gasteiger charge is 2.39. The number of hydrogen-bond donors (Lipinski definition) is 0. The van der Waals surface area contributed by atoms with Gasteiger partial charge in [-0.2, -0.15) is 0 Å². The van der Waals surface area contributed by atoms with Crippen LogP contribution in [0.2, 0.25) is 0 Å². The summed E-state index contributed by atoms with van der Waals surface area (Å²) in [5.74, 6) is -0.885. The first-order valence-corrected chi connectivity index (χ1v) is 8.03. The van der Waals surface area contributed by atoms with E-state index in [1.54, 1.807) is 14.2 Å². The quantitative estimate of drug-likeness (QED) is 0.737. The molecule has 0 fully saturated rings. The fraction of sp³-hybridized carbons (Fsp3) is 0.429. The summed E-state index contributed by atoms with van der Waals surface area (Å²) in [7, 11) is 3.45. The van der Waals surface area contributed by atoms with Crippen molar-refractivity contribution in [2.75, 3.05) is 14.2 Å². The summed E-state index contributed by atoms with van der Waals surface area (Å²) >= 11 is 0. The monoisotopic (exact) mass is 312 g/mol. The Morgan fingerprint density at radius 2 is 0.826 bits per heavy atom. The van der Waals surface area contributed by atoms with Gasteiger partial charge in [0.15, 0.2) is 0 Å². The predicted molar refractivity (Wildman–Crippen MR) is 96.1 cm³/mol. The molecule has 0 atom stereocenters. The molecule has 2 aromatic rings. The second-order valence-electron chi connectivity index (χ2n) is 6.57. The first-order valence-electron chi connectivity index (χ1n) is 8.03. The SMILES string of the molecule is COC(OC)(c1c(C)cc(C)cc1C)c1c(C)cc(C)cc1C. The minimum Gasteiger partial charge on any atom is -0.346 e. The Kier molecular flexibility index (Phi) is 4.98. The standard InChI is InChI=1S/C21H28O2/c1-13-9-15(3)19(16(4)10-13)21(22-7,23-8)20-17(5)11-14(2)12-18(20)6/h9-12H,1-8H3. The van der Waals surface area contributed by atoms with Gasteiger partial charge in [-0.15, -0.1) is 0 Å². The molecule has 23 heavy (non-hydrogen) atoms. The van der Waals surface area contributed by atoms with E-state index in [1.165, 1.54) is 33.4 Å². The van der Waals surface area contributed by atoms with Crippen molar-refractivity contribution in [2.24, 2.45) is 0 Å². The molecule has 2 rings (SSSR count). The Balaban J connectivity index is 2.87. The van der Waals surface area contributed by atoms with Gasteiger partial charge in [0.25, 0.3) is 0 Å². The molecule has 124 valence electrons. The van der Waals surface area contributed by atoms with Crippen LogP contribution in [0.1, 0.15) is 44.5 Å². The maximum Gasteiger partial charge on any atom is 0.222 e. The van der Waals surface area contributed by atoms with Crippen molar-refractivity contribution in [1.82, 2.24) is 0 Å². The lowest BCUT2D eigenvalue weighted by molar-refractivity contribution is -0.185. The second kappa shape index (κ2) is 6.46. The average molecular weight is 312 g/mol. The fourth-order valence-electron chi connectivity index (χ4n) is 4.01. The van der Waals surface area contributed by atoms with Crippen LogP contribution in [-0.4, -0.2) is 14.2 Å². The fourth-order valence-corrected chi connectivity index (χ4v) is 4.01. The van der Waals surface area contributed by atoms with Crippen LogP contribution in [0.15, 0.2) is 24.3 Å². The molecule has 0 N–H and O–H groups in total. The zero-order chi connectivity index (χ0) is 17.4. The zero-order valence-electron chi connectivity index (χ0n) is 15.6. The van der Waals surface area contributed by atoms with Gasteiger partial charge in [0.2, 0.25) is 5.79 Å². The number of methoxy groups -OCH3 is 2. The van der Waals surface area contributed by atoms with Crippen LogP contribution >= 0.6 is 0 Å². The van der Waals surface area contributed by atoms with E-state index in [0.717, 1.165) is 11.1 Å². The molecular formula is C21H28O2. The van der Waals surface area contributed by atoms with Crippen LogP contribution in [0, 0.1) is 41.5 Å². The van der Waals surface area contributed by atoms with Crippen LogP contribution < -0.4 is 0 Å². The molecule has 0 spiro atoms. The van der Waals surface area contributed by atoms with Crippen LogP contribution in [0.4, 0.5) is 0 Å². The van der Waals surface area contributed by atoms with E-state index in [0.29, 0.717) is 0 Å². The smallest absolute Gasteiger partial charge is 0.222 e. The molecule has 0 saturated carbocycles. The van der Waals surface area contributed by atoms with Gasteiger partial charge in [-0.05, 0) is 63.8 Å². The summed E-state index contributed by atoms with van der Waals surface area (Å²) in [6, 6.07) is 8.75. The first-order chi connectivity index (χ1) is 10.8. The van der Waals surface area contributed by atoms with Crippen molar-refractivity contribution in [3.05, 3.63) is 68.8 Å². The molecule has 0 heterocycles. The minimum atomic E-state index is -0.885. The van der Waals surface area contributed by atoms with E-state index in [2.05, 4.69) is 65.8 Å². The third-order valence-corrected chi connectivity index (χ3v) is 4.59. The molecule has 2 heteroatoms. The van der Waals surface area contributed by atoms with Gasteiger partial charge in [0.05, 0.1) is 0 Å². The van der Waals surface area contributed by atoms with E-state index in [9.17, 15) is 0 Å². The van der Waals surface area contributed by atoms with Crippen molar-refractivity contribution in [1.29, 1.82) is 0 Å². The molecule has 0 aliphatic carbocycles. The summed E-state index contributed by atoms with van der Waals surface area (Å²) in [5, 5.41) is 0. The Morgan fingerprint density at radius 1 is 0.565 bits per heavy atom. The minimum absolute atomic E-state index is 0.885. The summed E-state index contributed by atoms with van der Waals surface area (Å²) in [6.45, 7) is 12.7. The second-order valence-corrected chi connectivity index (χ2v) is 6.57. The van der Waals surface area contributed by atoms with Gasteiger partial charge >= 0.3 is 0 Å². The normalized spacial score (nSPS) is 11.8. The lowest BCUT2D eigenvalue weighted by atomic mass is 9.84. The van der Waals surface area contributed by atoms with Crippen LogP contribution in [0.5, 0.6) is 0 Å². The van der Waals surface area contributed by atoms with Crippen LogP contribution in [0.25, 0.3) is 0 Å². The highest BCUT2D eigenvalue weighted by Crippen LogP contribution is 2.41. The van der Waals surface area contributed by atoms with Gasteiger partial charge in [-0.1, -0.05) is 35.4 Å². The number of hydrogen-bond acceptors (Lipinski definition) is 2. The van der Waals surface area contributed by atoms with Crippen molar-refractivity contribution >= 4 is 0 Å². The van der Waals surface area contributed by atoms with Crippen LogP contribution in [-0.2, 0) is 15.3 Å². The maximum atomic E-state index is 6.04. The van der Waals surface area contributed by atoms with E-state index in [1.807, 2.05) is 0 Å². The van der Waals surface area contributed by atoms with E-state index in [-0.39, 0.29) is 0 Å². The van der Waals surface area contributed by atoms with Crippen molar-refractivity contribution in [3.8, 4) is 0 Å². The Hall–Kier alpha value is -1.64. The highest BCUT2D eigenvalue weighted by atomic mass is 16.7. The number of aryl methyl sites for hydroxylation is 6. The molecule has 0 amide bonds. The maximum absolute atomic E-state index is 6.04. The van der Waals surface area contributed by atoms with Crippen molar-refractivity contribution in [3.63, 3.8) is 0 Å². The number of rotatable bonds is 4. The molecule has 2 nitrogen and oxygen atoms in total. The lowest BCUT2D eigenvalue weighted by Gasteiger charge is -2.37. The van der Waals surface area contributed by atoms with Crippen molar-refractivity contribution < 1.29 is 9.47 Å². The summed E-state index contributed by atoms with van der Waals surface area (Å²) in [6.07, 6.45) is 0. The Morgan fingerprint density at radius 3 is 1.04 bits per heavy atom. The molecule has 0 aromatic heterocycles. The third-order valence-electron chi connectivity index (χ3n) is 4.59. The molecule has 0 radical (unpaired) electrons. The largest absolute Gasteiger partial charge is 0.346 e. The molecule has 0 saturated heterocycles. The molecule has 0 aliphatic rings. The number of benzene rings is 2. The summed E-state index contributed by atoms with van der Waals surface area (Å²) in [4.78, 5) is 0.